The molecule has 7 nitrogen and oxygen atoms in total. The second kappa shape index (κ2) is 7.90. The van der Waals surface area contributed by atoms with Crippen LogP contribution in [0.25, 0.3) is 0 Å². The molecule has 33 heavy (non-hydrogen) atoms. The molecule has 2 aliphatic heterocycles. The van der Waals surface area contributed by atoms with Gasteiger partial charge in [0.15, 0.2) is 4.87 Å². The van der Waals surface area contributed by atoms with Gasteiger partial charge in [0.1, 0.15) is 0 Å². The molecule has 0 bridgehead atoms. The Kier molecular flexibility index (Phi) is 5.14. The molecule has 3 aromatic rings. The smallest absolute Gasteiger partial charge is 0.316 e. The largest absolute Gasteiger partial charge is 0.334 e. The summed E-state index contributed by atoms with van der Waals surface area (Å²) >= 11 is 5.92. The molecule has 0 aliphatic carbocycles. The third-order valence-electron chi connectivity index (χ3n) is 6.11. The summed E-state index contributed by atoms with van der Waals surface area (Å²) in [5.41, 5.74) is 2.42. The molecule has 2 N–H and O–H groups in total. The molecular weight excluding hydrogens is 462 g/mol. The van der Waals surface area contributed by atoms with E-state index in [1.165, 1.54) is 6.07 Å². The predicted octanol–water partition coefficient (Wildman–Crippen LogP) is 3.48. The van der Waals surface area contributed by atoms with Crippen LogP contribution < -0.4 is 15.5 Å². The van der Waals surface area contributed by atoms with Crippen molar-refractivity contribution in [3.8, 4) is 0 Å². The minimum Gasteiger partial charge on any atom is -0.334 e. The first kappa shape index (κ1) is 21.5. The molecule has 3 aromatic carbocycles. The van der Waals surface area contributed by atoms with Crippen LogP contribution in [0.5, 0.6) is 0 Å². The minimum absolute atomic E-state index is 0.0869. The molecule has 5 rings (SSSR count). The van der Waals surface area contributed by atoms with Crippen LogP contribution in [-0.2, 0) is 21.1 Å². The van der Waals surface area contributed by atoms with E-state index in [1.54, 1.807) is 71.6 Å². The summed E-state index contributed by atoms with van der Waals surface area (Å²) in [6, 6.07) is 19.5. The van der Waals surface area contributed by atoms with E-state index in [9.17, 15) is 18.0 Å². The number of amides is 3. The van der Waals surface area contributed by atoms with Gasteiger partial charge in [0.05, 0.1) is 11.4 Å². The lowest BCUT2D eigenvalue weighted by atomic mass is 10.1. The Morgan fingerprint density at radius 1 is 1.00 bits per heavy atom. The van der Waals surface area contributed by atoms with Crippen LogP contribution in [-0.4, -0.2) is 33.4 Å². The van der Waals surface area contributed by atoms with Crippen molar-refractivity contribution in [3.63, 3.8) is 0 Å². The fourth-order valence-electron chi connectivity index (χ4n) is 4.38. The zero-order valence-electron chi connectivity index (χ0n) is 17.4. The zero-order valence-corrected chi connectivity index (χ0v) is 19.0. The molecule has 1 atom stereocenters. The molecule has 2 heterocycles. The van der Waals surface area contributed by atoms with Gasteiger partial charge in [-0.25, -0.2) is 13.2 Å². The van der Waals surface area contributed by atoms with Crippen LogP contribution in [0.4, 0.5) is 10.5 Å². The van der Waals surface area contributed by atoms with E-state index in [1.807, 2.05) is 0 Å². The van der Waals surface area contributed by atoms with Crippen molar-refractivity contribution in [2.45, 2.75) is 16.2 Å². The van der Waals surface area contributed by atoms with Crippen molar-refractivity contribution in [3.05, 3.63) is 94.5 Å². The van der Waals surface area contributed by atoms with Gasteiger partial charge in [-0.15, -0.1) is 0 Å². The summed E-state index contributed by atoms with van der Waals surface area (Å²) in [6.07, 6.45) is 0.529. The Morgan fingerprint density at radius 3 is 2.39 bits per heavy atom. The van der Waals surface area contributed by atoms with Gasteiger partial charge in [0.2, 0.25) is 9.84 Å². The normalized spacial score (nSPS) is 19.7. The van der Waals surface area contributed by atoms with Gasteiger partial charge in [-0.05, 0) is 60.0 Å². The number of nitrogens with one attached hydrogen (secondary N) is 2. The number of urea groups is 1. The summed E-state index contributed by atoms with van der Waals surface area (Å²) in [5.74, 6) is -0.172. The number of halogens is 1. The lowest BCUT2D eigenvalue weighted by Gasteiger charge is -2.28. The fourth-order valence-corrected chi connectivity index (χ4v) is 6.39. The maximum absolute atomic E-state index is 13.8. The number of nitrogens with zero attached hydrogens (tertiary/aromatic N) is 1. The van der Waals surface area contributed by atoms with Crippen LogP contribution in [0.15, 0.2) is 77.7 Å². The van der Waals surface area contributed by atoms with Gasteiger partial charge in [0, 0.05) is 22.8 Å². The number of rotatable bonds is 4. The Labute approximate surface area is 196 Å². The minimum atomic E-state index is -4.02. The van der Waals surface area contributed by atoms with E-state index < -0.39 is 20.7 Å². The van der Waals surface area contributed by atoms with E-state index in [4.69, 9.17) is 11.6 Å². The number of sulfone groups is 1. The summed E-state index contributed by atoms with van der Waals surface area (Å²) in [5, 5.41) is 5.77. The van der Waals surface area contributed by atoms with E-state index in [0.717, 1.165) is 5.56 Å². The first-order valence-electron chi connectivity index (χ1n) is 10.4. The second-order valence-electron chi connectivity index (χ2n) is 8.01. The second-order valence-corrected chi connectivity index (χ2v) is 10.6. The average Bonchev–Trinajstić information content (AvgIpc) is 3.44. The number of hydrogen-bond acceptors (Lipinski definition) is 4. The summed E-state index contributed by atoms with van der Waals surface area (Å²) in [7, 11) is -4.02. The van der Waals surface area contributed by atoms with Crippen molar-refractivity contribution < 1.29 is 18.0 Å². The topological polar surface area (TPSA) is 95.6 Å². The third kappa shape index (κ3) is 3.46. The van der Waals surface area contributed by atoms with Crippen LogP contribution in [0.3, 0.4) is 0 Å². The molecule has 1 fully saturated rings. The maximum atomic E-state index is 13.8. The van der Waals surface area contributed by atoms with Gasteiger partial charge < -0.3 is 15.5 Å². The Morgan fingerprint density at radius 2 is 1.73 bits per heavy atom. The van der Waals surface area contributed by atoms with Gasteiger partial charge in [-0.1, -0.05) is 41.9 Å². The highest BCUT2D eigenvalue weighted by molar-refractivity contribution is 7.92. The summed E-state index contributed by atoms with van der Waals surface area (Å²) < 4.78 is 27.6. The number of fused-ring (bicyclic) bond motifs is 1. The molecule has 168 valence electrons. The highest BCUT2D eigenvalue weighted by Gasteiger charge is 2.51. The Bertz CT molecular complexity index is 1360. The molecule has 0 saturated carbocycles. The summed E-state index contributed by atoms with van der Waals surface area (Å²) in [6.45, 7) is 0.360. The van der Waals surface area contributed by atoms with Gasteiger partial charge in [0.25, 0.3) is 5.91 Å². The third-order valence-corrected chi connectivity index (χ3v) is 8.63. The zero-order chi connectivity index (χ0) is 23.2. The van der Waals surface area contributed by atoms with E-state index >= 15 is 0 Å². The van der Waals surface area contributed by atoms with E-state index in [0.29, 0.717) is 34.8 Å². The average molecular weight is 482 g/mol. The first-order chi connectivity index (χ1) is 15.8. The monoisotopic (exact) mass is 481 g/mol. The molecule has 9 heteroatoms. The molecule has 2 aliphatic rings. The van der Waals surface area contributed by atoms with Crippen LogP contribution in [0.2, 0.25) is 5.02 Å². The Hall–Kier alpha value is -3.36. The number of carbonyl (C=O) groups excluding carboxylic acids is 2. The lowest BCUT2D eigenvalue weighted by molar-refractivity contribution is 0.0989. The molecule has 0 spiro atoms. The van der Waals surface area contributed by atoms with Gasteiger partial charge >= 0.3 is 6.03 Å². The highest BCUT2D eigenvalue weighted by atomic mass is 35.5. The van der Waals surface area contributed by atoms with E-state index in [-0.39, 0.29) is 17.3 Å². The highest BCUT2D eigenvalue weighted by Crippen LogP contribution is 2.38. The van der Waals surface area contributed by atoms with Crippen LogP contribution in [0, 0.1) is 0 Å². The molecular formula is C24H20ClN3O4S. The SMILES string of the molecule is O=C1NCC(c2ccccc2)(S(=O)(=O)c2ccc3c(c2)CCN3C(=O)c2ccc(Cl)cc2)N1. The van der Waals surface area contributed by atoms with Gasteiger partial charge in [-0.2, -0.15) is 0 Å². The van der Waals surface area contributed by atoms with Crippen LogP contribution in [0.1, 0.15) is 21.5 Å². The summed E-state index contributed by atoms with van der Waals surface area (Å²) in [4.78, 5) is 25.1. The lowest BCUT2D eigenvalue weighted by Crippen LogP contribution is -2.47. The van der Waals surface area contributed by atoms with Crippen molar-refractivity contribution in [2.24, 2.45) is 0 Å². The van der Waals surface area contributed by atoms with Crippen LogP contribution >= 0.6 is 11.6 Å². The standard InChI is InChI=1S/C24H20ClN3O4S/c25-19-8-6-16(7-9-19)22(29)28-13-12-17-14-20(10-11-21(17)28)33(31,32)24(15-26-23(30)27-24)18-4-2-1-3-5-18/h1-11,14H,12-13,15H2,(H2,26,27,30). The van der Waals surface area contributed by atoms with Crippen molar-refractivity contribution >= 4 is 39.1 Å². The molecule has 1 saturated heterocycles. The molecule has 3 amide bonds. The van der Waals surface area contributed by atoms with Crippen molar-refractivity contribution in [1.82, 2.24) is 10.6 Å². The number of hydrogen-bond donors (Lipinski definition) is 2. The molecule has 0 aromatic heterocycles. The van der Waals surface area contributed by atoms with Crippen molar-refractivity contribution in [1.29, 1.82) is 0 Å². The fraction of sp³-hybridized carbons (Fsp3) is 0.167. The number of benzene rings is 3. The number of carbonyl (C=O) groups is 2. The van der Waals surface area contributed by atoms with Gasteiger partial charge in [-0.3, -0.25) is 4.79 Å². The molecule has 0 radical (unpaired) electrons. The maximum Gasteiger partial charge on any atom is 0.316 e. The quantitative estimate of drug-likeness (QED) is 0.596. The van der Waals surface area contributed by atoms with Crippen molar-refractivity contribution in [2.75, 3.05) is 18.0 Å². The predicted molar refractivity (Wildman–Crippen MR) is 125 cm³/mol. The first-order valence-corrected chi connectivity index (χ1v) is 12.2. The molecule has 1 unspecified atom stereocenters. The Balaban J connectivity index is 1.52. The number of anilines is 1. The van der Waals surface area contributed by atoms with E-state index in [2.05, 4.69) is 10.6 Å².